The lowest BCUT2D eigenvalue weighted by atomic mass is 9.93. The Labute approximate surface area is 108 Å². The van der Waals surface area contributed by atoms with Crippen molar-refractivity contribution in [2.45, 2.75) is 12.2 Å². The topological polar surface area (TPSA) is 38.3 Å². The molecule has 0 saturated carbocycles. The first-order valence-electron chi connectivity index (χ1n) is 5.90. The van der Waals surface area contributed by atoms with E-state index in [1.165, 1.54) is 12.1 Å². The lowest BCUT2D eigenvalue weighted by Gasteiger charge is -2.15. The quantitative estimate of drug-likeness (QED) is 0.857. The summed E-state index contributed by atoms with van der Waals surface area (Å²) >= 11 is 0. The van der Waals surface area contributed by atoms with Crippen LogP contribution in [0.2, 0.25) is 0 Å². The molecule has 2 atom stereocenters. The number of Topliss-reactive ketones (excluding diaryl/α,β-unsaturated/α-hetero) is 1. The molecule has 1 aliphatic rings. The van der Waals surface area contributed by atoms with Crippen LogP contribution in [0.4, 0.5) is 13.2 Å². The summed E-state index contributed by atoms with van der Waals surface area (Å²) in [6, 6.07) is 4.20. The third-order valence-electron chi connectivity index (χ3n) is 3.28. The molecule has 19 heavy (non-hydrogen) atoms. The van der Waals surface area contributed by atoms with Gasteiger partial charge in [0.05, 0.1) is 24.7 Å². The number of ether oxygens (including phenoxy) is 1. The fourth-order valence-corrected chi connectivity index (χ4v) is 2.13. The molecule has 1 N–H and O–H groups in total. The van der Waals surface area contributed by atoms with Gasteiger partial charge in [0.25, 0.3) is 0 Å². The minimum Gasteiger partial charge on any atom is -0.379 e. The molecule has 2 rings (SSSR count). The van der Waals surface area contributed by atoms with Crippen LogP contribution in [0.5, 0.6) is 0 Å². The van der Waals surface area contributed by atoms with Crippen LogP contribution in [0.15, 0.2) is 24.3 Å². The standard InChI is InChI=1S/C13H14F3NO2/c1-17-11-7-19-6-10(11)12(18)8-2-4-9(5-3-8)13(14,15)16/h2-5,10-11,17H,6-7H2,1H3. The first-order valence-corrected chi connectivity index (χ1v) is 5.90. The maximum atomic E-state index is 12.4. The Bertz CT molecular complexity index is 456. The Morgan fingerprint density at radius 2 is 1.89 bits per heavy atom. The highest BCUT2D eigenvalue weighted by Gasteiger charge is 2.34. The van der Waals surface area contributed by atoms with Crippen molar-refractivity contribution in [1.82, 2.24) is 5.32 Å². The molecule has 0 aromatic heterocycles. The smallest absolute Gasteiger partial charge is 0.379 e. The van der Waals surface area contributed by atoms with Gasteiger partial charge < -0.3 is 10.1 Å². The number of rotatable bonds is 3. The van der Waals surface area contributed by atoms with E-state index in [-0.39, 0.29) is 23.3 Å². The van der Waals surface area contributed by atoms with Crippen LogP contribution in [0.1, 0.15) is 15.9 Å². The van der Waals surface area contributed by atoms with Crippen molar-refractivity contribution in [1.29, 1.82) is 0 Å². The third-order valence-corrected chi connectivity index (χ3v) is 3.28. The van der Waals surface area contributed by atoms with E-state index in [4.69, 9.17) is 4.74 Å². The summed E-state index contributed by atoms with van der Waals surface area (Å²) < 4.78 is 42.5. The molecule has 2 unspecified atom stereocenters. The molecule has 0 spiro atoms. The first-order chi connectivity index (χ1) is 8.93. The Kier molecular flexibility index (Phi) is 3.91. The predicted molar refractivity (Wildman–Crippen MR) is 62.9 cm³/mol. The van der Waals surface area contributed by atoms with E-state index in [0.717, 1.165) is 12.1 Å². The van der Waals surface area contributed by atoms with Gasteiger partial charge in [0, 0.05) is 11.6 Å². The van der Waals surface area contributed by atoms with E-state index in [0.29, 0.717) is 13.2 Å². The molecular formula is C13H14F3NO2. The third kappa shape index (κ3) is 2.96. The summed E-state index contributed by atoms with van der Waals surface area (Å²) in [5.74, 6) is -0.535. The molecular weight excluding hydrogens is 259 g/mol. The predicted octanol–water partition coefficient (Wildman–Crippen LogP) is 2.12. The highest BCUT2D eigenvalue weighted by molar-refractivity contribution is 5.98. The molecule has 104 valence electrons. The molecule has 0 bridgehead atoms. The summed E-state index contributed by atoms with van der Waals surface area (Å²) in [7, 11) is 1.73. The largest absolute Gasteiger partial charge is 0.416 e. The van der Waals surface area contributed by atoms with Crippen molar-refractivity contribution in [3.8, 4) is 0 Å². The molecule has 6 heteroatoms. The second kappa shape index (κ2) is 5.30. The van der Waals surface area contributed by atoms with Crippen molar-refractivity contribution >= 4 is 5.78 Å². The zero-order chi connectivity index (χ0) is 14.0. The second-order valence-corrected chi connectivity index (χ2v) is 4.48. The van der Waals surface area contributed by atoms with Gasteiger partial charge in [-0.05, 0) is 19.2 Å². The molecule has 1 aromatic carbocycles. The number of alkyl halides is 3. The fourth-order valence-electron chi connectivity index (χ4n) is 2.13. The van der Waals surface area contributed by atoms with Crippen LogP contribution in [0, 0.1) is 5.92 Å². The average molecular weight is 273 g/mol. The molecule has 3 nitrogen and oxygen atoms in total. The number of hydrogen-bond acceptors (Lipinski definition) is 3. The second-order valence-electron chi connectivity index (χ2n) is 4.48. The summed E-state index contributed by atoms with van der Waals surface area (Å²) in [6.45, 7) is 0.735. The Hall–Kier alpha value is -1.40. The van der Waals surface area contributed by atoms with Crippen LogP contribution in [0.3, 0.4) is 0 Å². The molecule has 1 saturated heterocycles. The van der Waals surface area contributed by atoms with Crippen molar-refractivity contribution in [3.63, 3.8) is 0 Å². The normalized spacial score (nSPS) is 23.6. The maximum absolute atomic E-state index is 12.4. The van der Waals surface area contributed by atoms with E-state index < -0.39 is 11.7 Å². The summed E-state index contributed by atoms with van der Waals surface area (Å²) in [4.78, 5) is 12.2. The van der Waals surface area contributed by atoms with Gasteiger partial charge in [0.2, 0.25) is 0 Å². The van der Waals surface area contributed by atoms with Gasteiger partial charge >= 0.3 is 6.18 Å². The number of carbonyl (C=O) groups excluding carboxylic acids is 1. The molecule has 1 fully saturated rings. The van der Waals surface area contributed by atoms with E-state index >= 15 is 0 Å². The van der Waals surface area contributed by atoms with Crippen LogP contribution >= 0.6 is 0 Å². The van der Waals surface area contributed by atoms with Gasteiger partial charge in [-0.3, -0.25) is 4.79 Å². The number of likely N-dealkylation sites (N-methyl/N-ethyl adjacent to an activating group) is 1. The van der Waals surface area contributed by atoms with Gasteiger partial charge in [-0.15, -0.1) is 0 Å². The van der Waals surface area contributed by atoms with Crippen molar-refractivity contribution in [3.05, 3.63) is 35.4 Å². The lowest BCUT2D eigenvalue weighted by Crippen LogP contribution is -2.37. The maximum Gasteiger partial charge on any atom is 0.416 e. The number of nitrogens with one attached hydrogen (secondary N) is 1. The molecule has 0 amide bonds. The average Bonchev–Trinajstić information content (AvgIpc) is 2.85. The van der Waals surface area contributed by atoms with Gasteiger partial charge in [0.1, 0.15) is 0 Å². The number of carbonyl (C=O) groups is 1. The highest BCUT2D eigenvalue weighted by Crippen LogP contribution is 2.29. The zero-order valence-electron chi connectivity index (χ0n) is 10.3. The van der Waals surface area contributed by atoms with E-state index in [1.807, 2.05) is 0 Å². The van der Waals surface area contributed by atoms with Crippen LogP contribution in [-0.2, 0) is 10.9 Å². The summed E-state index contributed by atoms with van der Waals surface area (Å²) in [5, 5.41) is 2.97. The van der Waals surface area contributed by atoms with Gasteiger partial charge in [-0.1, -0.05) is 12.1 Å². The SMILES string of the molecule is CNC1COCC1C(=O)c1ccc(C(F)(F)F)cc1. The molecule has 0 aliphatic carbocycles. The van der Waals surface area contributed by atoms with E-state index in [2.05, 4.69) is 5.32 Å². The Balaban J connectivity index is 2.16. The summed E-state index contributed by atoms with van der Waals surface area (Å²) in [6.07, 6.45) is -4.38. The highest BCUT2D eigenvalue weighted by atomic mass is 19.4. The Morgan fingerprint density at radius 3 is 2.42 bits per heavy atom. The van der Waals surface area contributed by atoms with Crippen molar-refractivity contribution in [2.24, 2.45) is 5.92 Å². The molecule has 1 heterocycles. The zero-order valence-corrected chi connectivity index (χ0v) is 10.3. The monoisotopic (exact) mass is 273 g/mol. The number of ketones is 1. The fraction of sp³-hybridized carbons (Fsp3) is 0.462. The Morgan fingerprint density at radius 1 is 1.26 bits per heavy atom. The summed E-state index contributed by atoms with van der Waals surface area (Å²) in [5.41, 5.74) is -0.472. The van der Waals surface area contributed by atoms with E-state index in [9.17, 15) is 18.0 Å². The molecule has 1 aliphatic heterocycles. The minimum atomic E-state index is -4.38. The van der Waals surface area contributed by atoms with Crippen LogP contribution in [0.25, 0.3) is 0 Å². The number of benzene rings is 1. The number of hydrogen-bond donors (Lipinski definition) is 1. The van der Waals surface area contributed by atoms with Gasteiger partial charge in [-0.2, -0.15) is 13.2 Å². The first kappa shape index (κ1) is 14.0. The van der Waals surface area contributed by atoms with Gasteiger partial charge in [-0.25, -0.2) is 0 Å². The van der Waals surface area contributed by atoms with Crippen molar-refractivity contribution in [2.75, 3.05) is 20.3 Å². The molecule has 0 radical (unpaired) electrons. The van der Waals surface area contributed by atoms with Crippen molar-refractivity contribution < 1.29 is 22.7 Å². The van der Waals surface area contributed by atoms with Crippen LogP contribution < -0.4 is 5.32 Å². The van der Waals surface area contributed by atoms with Crippen LogP contribution in [-0.4, -0.2) is 32.1 Å². The van der Waals surface area contributed by atoms with Gasteiger partial charge in [0.15, 0.2) is 5.78 Å². The minimum absolute atomic E-state index is 0.0882. The molecule has 1 aromatic rings. The number of halogens is 3. The lowest BCUT2D eigenvalue weighted by molar-refractivity contribution is -0.137. The van der Waals surface area contributed by atoms with E-state index in [1.54, 1.807) is 7.05 Å².